The fourth-order valence-electron chi connectivity index (χ4n) is 3.54. The topological polar surface area (TPSA) is 105 Å². The van der Waals surface area contributed by atoms with E-state index >= 15 is 0 Å². The molecule has 2 aliphatic rings. The highest BCUT2D eigenvalue weighted by atomic mass is 32.2. The van der Waals surface area contributed by atoms with Gasteiger partial charge in [-0.15, -0.1) is 0 Å². The van der Waals surface area contributed by atoms with Crippen LogP contribution in [0.5, 0.6) is 0 Å². The molecule has 2 fully saturated rings. The number of hydrogen-bond acceptors (Lipinski definition) is 5. The number of ether oxygens (including phenoxy) is 1. The van der Waals surface area contributed by atoms with Crippen molar-refractivity contribution >= 4 is 10.0 Å². The Morgan fingerprint density at radius 2 is 2.00 bits per heavy atom. The van der Waals surface area contributed by atoms with Gasteiger partial charge in [0.2, 0.25) is 10.0 Å². The van der Waals surface area contributed by atoms with Gasteiger partial charge in [-0.3, -0.25) is 0 Å². The summed E-state index contributed by atoms with van der Waals surface area (Å²) in [6.45, 7) is 1.91. The first-order valence-electron chi connectivity index (χ1n) is 7.80. The summed E-state index contributed by atoms with van der Waals surface area (Å²) in [7, 11) is -3.55. The first-order valence-corrected chi connectivity index (χ1v) is 9.28. The zero-order valence-electron chi connectivity index (χ0n) is 13.0. The Labute approximate surface area is 136 Å². The maximum atomic E-state index is 12.5. The van der Waals surface area contributed by atoms with Crippen molar-refractivity contribution in [3.05, 3.63) is 29.8 Å². The second-order valence-electron chi connectivity index (χ2n) is 6.40. The minimum Gasteiger partial charge on any atom is -0.359 e. The molecule has 0 aromatic heterocycles. The van der Waals surface area contributed by atoms with E-state index in [1.165, 1.54) is 0 Å². The third kappa shape index (κ3) is 3.26. The van der Waals surface area contributed by atoms with E-state index in [-0.39, 0.29) is 28.9 Å². The van der Waals surface area contributed by atoms with Crippen molar-refractivity contribution in [2.75, 3.05) is 0 Å². The van der Waals surface area contributed by atoms with Crippen LogP contribution in [0.4, 0.5) is 0 Å². The van der Waals surface area contributed by atoms with Crippen LogP contribution in [0.25, 0.3) is 0 Å². The number of nitriles is 1. The highest BCUT2D eigenvalue weighted by molar-refractivity contribution is 7.89. The quantitative estimate of drug-likeness (QED) is 0.865. The molecule has 6 nitrogen and oxygen atoms in total. The highest BCUT2D eigenvalue weighted by Crippen LogP contribution is 2.40. The fraction of sp³-hybridized carbons (Fsp3) is 0.562. The summed E-state index contributed by atoms with van der Waals surface area (Å²) < 4.78 is 33.4. The van der Waals surface area contributed by atoms with E-state index in [4.69, 9.17) is 10.5 Å². The number of benzene rings is 1. The molecule has 3 rings (SSSR count). The highest BCUT2D eigenvalue weighted by Gasteiger charge is 2.46. The Kier molecular flexibility index (Phi) is 4.43. The number of nitrogens with two attached hydrogens (primary N) is 1. The SMILES string of the molecule is Cc1ccc(S(=O)(=O)N[C@H]2CC[C@@H]3O[C@@H](N)[C@@H](C#N)[C@@H]3C2)cc1. The van der Waals surface area contributed by atoms with Crippen LogP contribution in [0, 0.1) is 30.1 Å². The molecule has 0 amide bonds. The van der Waals surface area contributed by atoms with E-state index in [0.29, 0.717) is 12.8 Å². The zero-order chi connectivity index (χ0) is 16.6. The summed E-state index contributed by atoms with van der Waals surface area (Å²) in [5, 5.41) is 9.25. The van der Waals surface area contributed by atoms with Gasteiger partial charge in [0.1, 0.15) is 6.23 Å². The summed E-state index contributed by atoms with van der Waals surface area (Å²) in [6.07, 6.45) is 1.40. The molecular formula is C16H21N3O3S. The van der Waals surface area contributed by atoms with E-state index in [9.17, 15) is 13.7 Å². The zero-order valence-corrected chi connectivity index (χ0v) is 13.8. The summed E-state index contributed by atoms with van der Waals surface area (Å²) in [6, 6.07) is 8.79. The Balaban J connectivity index is 1.71. The Bertz CT molecular complexity index is 711. The van der Waals surface area contributed by atoms with E-state index < -0.39 is 16.3 Å². The van der Waals surface area contributed by atoms with Gasteiger partial charge in [-0.25, -0.2) is 13.1 Å². The van der Waals surface area contributed by atoms with Crippen molar-refractivity contribution in [3.8, 4) is 6.07 Å². The van der Waals surface area contributed by atoms with Crippen molar-refractivity contribution in [2.45, 2.75) is 49.5 Å². The molecule has 0 unspecified atom stereocenters. The molecule has 1 heterocycles. The van der Waals surface area contributed by atoms with E-state index in [1.807, 2.05) is 6.92 Å². The van der Waals surface area contributed by atoms with Gasteiger partial charge in [0.15, 0.2) is 0 Å². The minimum atomic E-state index is -3.55. The summed E-state index contributed by atoms with van der Waals surface area (Å²) in [5.41, 5.74) is 6.86. The largest absolute Gasteiger partial charge is 0.359 e. The first-order chi connectivity index (χ1) is 10.9. The molecule has 0 spiro atoms. The second kappa shape index (κ2) is 6.21. The molecule has 1 aromatic carbocycles. The molecule has 1 saturated heterocycles. The third-order valence-electron chi connectivity index (χ3n) is 4.78. The van der Waals surface area contributed by atoms with Crippen LogP contribution < -0.4 is 10.5 Å². The van der Waals surface area contributed by atoms with Crippen molar-refractivity contribution in [2.24, 2.45) is 17.6 Å². The Morgan fingerprint density at radius 1 is 1.30 bits per heavy atom. The predicted molar refractivity (Wildman–Crippen MR) is 84.6 cm³/mol. The van der Waals surface area contributed by atoms with Gasteiger partial charge in [-0.05, 0) is 38.3 Å². The number of sulfonamides is 1. The average Bonchev–Trinajstić information content (AvgIpc) is 2.82. The fourth-order valence-corrected chi connectivity index (χ4v) is 4.82. The van der Waals surface area contributed by atoms with Crippen molar-refractivity contribution < 1.29 is 13.2 Å². The maximum absolute atomic E-state index is 12.5. The molecule has 124 valence electrons. The lowest BCUT2D eigenvalue weighted by atomic mass is 9.78. The van der Waals surface area contributed by atoms with E-state index in [2.05, 4.69) is 10.8 Å². The lowest BCUT2D eigenvalue weighted by Gasteiger charge is -2.31. The number of nitrogens with zero attached hydrogens (tertiary/aromatic N) is 1. The van der Waals surface area contributed by atoms with Crippen LogP contribution in [0.3, 0.4) is 0 Å². The predicted octanol–water partition coefficient (Wildman–Crippen LogP) is 1.27. The molecule has 5 atom stereocenters. The van der Waals surface area contributed by atoms with Crippen molar-refractivity contribution in [1.29, 1.82) is 5.26 Å². The van der Waals surface area contributed by atoms with Crippen molar-refractivity contribution in [3.63, 3.8) is 0 Å². The molecule has 0 bridgehead atoms. The molecule has 3 N–H and O–H groups in total. The molecule has 0 radical (unpaired) electrons. The standard InChI is InChI=1S/C16H21N3O3S/c1-10-2-5-12(6-3-10)23(20,21)19-11-4-7-15-13(8-11)14(9-17)16(18)22-15/h2-3,5-6,11,13-16,19H,4,7-8,18H2,1H3/t11-,13-,14-,15-,16+/m0/s1. The number of rotatable bonds is 3. The van der Waals surface area contributed by atoms with Gasteiger partial charge in [-0.2, -0.15) is 5.26 Å². The van der Waals surface area contributed by atoms with Gasteiger partial charge in [0.25, 0.3) is 0 Å². The number of aryl methyl sites for hydroxylation is 1. The van der Waals surface area contributed by atoms with Crippen LogP contribution >= 0.6 is 0 Å². The Hall–Kier alpha value is -1.46. The molecule has 1 aromatic rings. The summed E-state index contributed by atoms with van der Waals surface area (Å²) >= 11 is 0. The van der Waals surface area contributed by atoms with E-state index in [0.717, 1.165) is 12.0 Å². The normalized spacial score (nSPS) is 33.9. The monoisotopic (exact) mass is 335 g/mol. The smallest absolute Gasteiger partial charge is 0.240 e. The minimum absolute atomic E-state index is 0.00512. The van der Waals surface area contributed by atoms with Crippen LogP contribution in [0.15, 0.2) is 29.2 Å². The number of hydrogen-bond donors (Lipinski definition) is 2. The van der Waals surface area contributed by atoms with Gasteiger partial charge >= 0.3 is 0 Å². The lowest BCUT2D eigenvalue weighted by molar-refractivity contribution is 0.0171. The molecule has 1 saturated carbocycles. The number of nitrogens with one attached hydrogen (secondary N) is 1. The van der Waals surface area contributed by atoms with Gasteiger partial charge in [-0.1, -0.05) is 17.7 Å². The summed E-state index contributed by atoms with van der Waals surface area (Å²) in [4.78, 5) is 0.265. The second-order valence-corrected chi connectivity index (χ2v) is 8.12. The van der Waals surface area contributed by atoms with Gasteiger partial charge in [0.05, 0.1) is 23.0 Å². The lowest BCUT2D eigenvalue weighted by Crippen LogP contribution is -2.42. The Morgan fingerprint density at radius 3 is 2.65 bits per heavy atom. The van der Waals surface area contributed by atoms with Gasteiger partial charge < -0.3 is 10.5 Å². The molecule has 1 aliphatic heterocycles. The summed E-state index contributed by atoms with van der Waals surface area (Å²) in [5.74, 6) is -0.374. The van der Waals surface area contributed by atoms with Crippen molar-refractivity contribution in [1.82, 2.24) is 4.72 Å². The maximum Gasteiger partial charge on any atom is 0.240 e. The van der Waals surface area contributed by atoms with Crippen LogP contribution in [0.2, 0.25) is 0 Å². The van der Waals surface area contributed by atoms with Gasteiger partial charge in [0, 0.05) is 12.0 Å². The number of fused-ring (bicyclic) bond motifs is 1. The third-order valence-corrected chi connectivity index (χ3v) is 6.32. The molecular weight excluding hydrogens is 314 g/mol. The molecule has 23 heavy (non-hydrogen) atoms. The van der Waals surface area contributed by atoms with Crippen LogP contribution in [-0.4, -0.2) is 26.8 Å². The molecule has 1 aliphatic carbocycles. The first kappa shape index (κ1) is 16.4. The van der Waals surface area contributed by atoms with E-state index in [1.54, 1.807) is 24.3 Å². The van der Waals surface area contributed by atoms with Crippen LogP contribution in [0.1, 0.15) is 24.8 Å². The molecule has 7 heteroatoms. The van der Waals surface area contributed by atoms with Crippen LogP contribution in [-0.2, 0) is 14.8 Å². The average molecular weight is 335 g/mol.